The van der Waals surface area contributed by atoms with Gasteiger partial charge in [0.25, 0.3) is 0 Å². The van der Waals surface area contributed by atoms with E-state index in [9.17, 15) is 13.2 Å². The van der Waals surface area contributed by atoms with E-state index in [0.717, 1.165) is 34.3 Å². The van der Waals surface area contributed by atoms with Crippen LogP contribution in [0.1, 0.15) is 44.1 Å². The van der Waals surface area contributed by atoms with Crippen molar-refractivity contribution in [1.29, 1.82) is 0 Å². The number of carbonyl (C=O) groups excluding carboxylic acids is 1. The van der Waals surface area contributed by atoms with E-state index in [1.54, 1.807) is 6.07 Å². The molecule has 0 aliphatic rings. The van der Waals surface area contributed by atoms with Crippen LogP contribution in [0.3, 0.4) is 0 Å². The third-order valence-electron chi connectivity index (χ3n) is 4.90. The number of amides is 1. The third-order valence-corrected chi connectivity index (χ3v) is 6.53. The molecule has 1 aromatic heterocycles. The number of imidazole rings is 1. The van der Waals surface area contributed by atoms with Crippen LogP contribution in [-0.4, -0.2) is 23.9 Å². The summed E-state index contributed by atoms with van der Waals surface area (Å²) >= 11 is 3.51. The lowest BCUT2D eigenvalue weighted by atomic mass is 10.1. The Balaban J connectivity index is 1.76. The van der Waals surface area contributed by atoms with Gasteiger partial charge >= 0.3 is 0 Å². The molecule has 3 N–H and O–H groups in total. The molecule has 1 atom stereocenters. The largest absolute Gasteiger partial charge is 0.350 e. The number of primary sulfonamides is 1. The zero-order valence-corrected chi connectivity index (χ0v) is 19.3. The van der Waals surface area contributed by atoms with Crippen molar-refractivity contribution in [1.82, 2.24) is 14.9 Å². The first-order valence-corrected chi connectivity index (χ1v) is 12.1. The summed E-state index contributed by atoms with van der Waals surface area (Å²) in [5.74, 6) is 0.681. The van der Waals surface area contributed by atoms with E-state index in [1.165, 1.54) is 12.1 Å². The number of fused-ring (bicyclic) bond motifs is 1. The van der Waals surface area contributed by atoms with Gasteiger partial charge in [0.15, 0.2) is 0 Å². The minimum Gasteiger partial charge on any atom is -0.350 e. The number of aryl methyl sites for hydroxylation is 2. The maximum atomic E-state index is 12.5. The molecule has 0 saturated heterocycles. The topological polar surface area (TPSA) is 107 Å². The Morgan fingerprint density at radius 1 is 1.27 bits per heavy atom. The van der Waals surface area contributed by atoms with Crippen LogP contribution in [-0.2, 0) is 27.8 Å². The van der Waals surface area contributed by atoms with Crippen LogP contribution in [0, 0.1) is 0 Å². The second-order valence-electron chi connectivity index (χ2n) is 7.19. The summed E-state index contributed by atoms with van der Waals surface area (Å²) in [4.78, 5) is 17.1. The first kappa shape index (κ1) is 22.5. The van der Waals surface area contributed by atoms with E-state index in [0.29, 0.717) is 11.9 Å². The highest BCUT2D eigenvalue weighted by Crippen LogP contribution is 2.24. The van der Waals surface area contributed by atoms with E-state index in [4.69, 9.17) is 5.14 Å². The Bertz CT molecular complexity index is 1170. The van der Waals surface area contributed by atoms with Crippen molar-refractivity contribution in [3.63, 3.8) is 0 Å². The normalized spacial score (nSPS) is 12.8. The van der Waals surface area contributed by atoms with Crippen LogP contribution in [0.2, 0.25) is 0 Å². The van der Waals surface area contributed by atoms with Gasteiger partial charge in [-0.05, 0) is 43.2 Å². The molecule has 1 heterocycles. The number of sulfonamides is 1. The lowest BCUT2D eigenvalue weighted by Gasteiger charge is -2.16. The molecule has 0 saturated carbocycles. The van der Waals surface area contributed by atoms with Gasteiger partial charge in [-0.25, -0.2) is 18.5 Å². The summed E-state index contributed by atoms with van der Waals surface area (Å²) in [6.07, 6.45) is 1.62. The molecule has 0 aliphatic carbocycles. The number of nitrogens with one attached hydrogen (secondary N) is 1. The van der Waals surface area contributed by atoms with E-state index in [-0.39, 0.29) is 23.3 Å². The van der Waals surface area contributed by atoms with Gasteiger partial charge in [0.1, 0.15) is 5.82 Å². The number of aromatic nitrogens is 2. The van der Waals surface area contributed by atoms with Crippen molar-refractivity contribution in [2.24, 2.45) is 5.14 Å². The molecule has 0 fully saturated rings. The molecule has 2 aromatic carbocycles. The Morgan fingerprint density at radius 3 is 2.67 bits per heavy atom. The minimum absolute atomic E-state index is 0.0303. The molecule has 3 rings (SSSR count). The Labute approximate surface area is 184 Å². The summed E-state index contributed by atoms with van der Waals surface area (Å²) in [6, 6.07) is 12.3. The zero-order chi connectivity index (χ0) is 21.9. The molecule has 3 aromatic rings. The van der Waals surface area contributed by atoms with Crippen molar-refractivity contribution < 1.29 is 13.2 Å². The monoisotopic (exact) mass is 492 g/mol. The number of nitrogens with two attached hydrogens (primary N) is 1. The number of carbonyl (C=O) groups is 1. The Kier molecular flexibility index (Phi) is 6.95. The minimum atomic E-state index is -3.80. The smallest absolute Gasteiger partial charge is 0.238 e. The number of hydrogen-bond acceptors (Lipinski definition) is 4. The van der Waals surface area contributed by atoms with E-state index < -0.39 is 10.0 Å². The Hall–Kier alpha value is -2.23. The predicted octanol–water partition coefficient (Wildman–Crippen LogP) is 3.67. The fourth-order valence-electron chi connectivity index (χ4n) is 3.44. The maximum absolute atomic E-state index is 12.5. The molecule has 0 bridgehead atoms. The average molecular weight is 493 g/mol. The van der Waals surface area contributed by atoms with E-state index >= 15 is 0 Å². The van der Waals surface area contributed by atoms with Crippen LogP contribution < -0.4 is 10.5 Å². The summed E-state index contributed by atoms with van der Waals surface area (Å²) in [5, 5.41) is 8.26. The van der Waals surface area contributed by atoms with Crippen molar-refractivity contribution in [3.05, 3.63) is 58.3 Å². The fourth-order valence-corrected chi connectivity index (χ4v) is 4.61. The molecule has 30 heavy (non-hydrogen) atoms. The van der Waals surface area contributed by atoms with Crippen molar-refractivity contribution in [2.75, 3.05) is 0 Å². The molecule has 9 heteroatoms. The van der Waals surface area contributed by atoms with Gasteiger partial charge in [-0.2, -0.15) is 0 Å². The third kappa shape index (κ3) is 5.08. The molecule has 1 amide bonds. The SMILES string of the molecule is CCCn1c(CCC(=O)NC(C)c2ccccc2Br)nc2cc(S(N)(=O)=O)ccc21. The maximum Gasteiger partial charge on any atom is 0.238 e. The second-order valence-corrected chi connectivity index (χ2v) is 9.60. The number of benzene rings is 2. The first-order valence-electron chi connectivity index (χ1n) is 9.76. The molecule has 160 valence electrons. The summed E-state index contributed by atoms with van der Waals surface area (Å²) in [5.41, 5.74) is 2.41. The highest BCUT2D eigenvalue weighted by Gasteiger charge is 2.17. The van der Waals surface area contributed by atoms with E-state index in [1.807, 2.05) is 35.8 Å². The number of nitrogens with zero attached hydrogens (tertiary/aromatic N) is 2. The van der Waals surface area contributed by atoms with Crippen molar-refractivity contribution >= 4 is 42.9 Å². The number of halogens is 1. The average Bonchev–Trinajstić information content (AvgIpc) is 3.03. The summed E-state index contributed by atoms with van der Waals surface area (Å²) < 4.78 is 26.3. The molecule has 0 radical (unpaired) electrons. The second kappa shape index (κ2) is 9.28. The molecule has 1 unspecified atom stereocenters. The van der Waals surface area contributed by atoms with Crippen LogP contribution >= 0.6 is 15.9 Å². The molecular weight excluding hydrogens is 468 g/mol. The lowest BCUT2D eigenvalue weighted by Crippen LogP contribution is -2.27. The Morgan fingerprint density at radius 2 is 2.00 bits per heavy atom. The van der Waals surface area contributed by atoms with Crippen LogP contribution in [0.4, 0.5) is 0 Å². The zero-order valence-electron chi connectivity index (χ0n) is 16.9. The fraction of sp³-hybridized carbons (Fsp3) is 0.333. The first-order chi connectivity index (χ1) is 14.2. The highest BCUT2D eigenvalue weighted by molar-refractivity contribution is 9.10. The van der Waals surface area contributed by atoms with Gasteiger partial charge in [-0.1, -0.05) is 41.1 Å². The van der Waals surface area contributed by atoms with Gasteiger partial charge in [-0.3, -0.25) is 4.79 Å². The highest BCUT2D eigenvalue weighted by atomic mass is 79.9. The van der Waals surface area contributed by atoms with Crippen LogP contribution in [0.15, 0.2) is 51.8 Å². The quantitative estimate of drug-likeness (QED) is 0.499. The van der Waals surface area contributed by atoms with Crippen LogP contribution in [0.25, 0.3) is 11.0 Å². The van der Waals surface area contributed by atoms with Crippen molar-refractivity contribution in [3.8, 4) is 0 Å². The molecule has 7 nitrogen and oxygen atoms in total. The van der Waals surface area contributed by atoms with Gasteiger partial charge in [0.05, 0.1) is 22.0 Å². The van der Waals surface area contributed by atoms with Crippen molar-refractivity contribution in [2.45, 2.75) is 50.6 Å². The summed E-state index contributed by atoms with van der Waals surface area (Å²) in [7, 11) is -3.80. The van der Waals surface area contributed by atoms with Crippen LogP contribution in [0.5, 0.6) is 0 Å². The van der Waals surface area contributed by atoms with Gasteiger partial charge in [0.2, 0.25) is 15.9 Å². The van der Waals surface area contributed by atoms with Gasteiger partial charge in [-0.15, -0.1) is 0 Å². The van der Waals surface area contributed by atoms with E-state index in [2.05, 4.69) is 33.2 Å². The molecule has 0 aliphatic heterocycles. The number of rotatable bonds is 8. The van der Waals surface area contributed by atoms with Gasteiger partial charge < -0.3 is 9.88 Å². The predicted molar refractivity (Wildman–Crippen MR) is 120 cm³/mol. The molecular formula is C21H25BrN4O3S. The molecule has 0 spiro atoms. The summed E-state index contributed by atoms with van der Waals surface area (Å²) in [6.45, 7) is 4.73. The number of hydrogen-bond donors (Lipinski definition) is 2. The standard InChI is InChI=1S/C21H25BrN4O3S/c1-3-12-26-19-9-8-15(30(23,28)29)13-18(19)25-20(26)10-11-21(27)24-14(2)16-6-4-5-7-17(16)22/h4-9,13-14H,3,10-12H2,1-2H3,(H,24,27)(H2,23,28,29). The lowest BCUT2D eigenvalue weighted by molar-refractivity contribution is -0.121. The van der Waals surface area contributed by atoms with Gasteiger partial charge in [0, 0.05) is 23.9 Å².